The summed E-state index contributed by atoms with van der Waals surface area (Å²) in [7, 11) is -3.93. The number of aromatic nitrogens is 1. The summed E-state index contributed by atoms with van der Waals surface area (Å²) in [6.45, 7) is 11.5. The van der Waals surface area contributed by atoms with Crippen molar-refractivity contribution in [3.05, 3.63) is 60.2 Å². The second-order valence-electron chi connectivity index (χ2n) is 13.8. The Morgan fingerprint density at radius 3 is 2.51 bits per heavy atom. The number of rotatable bonds is 13. The summed E-state index contributed by atoms with van der Waals surface area (Å²) < 4.78 is 39.8. The Morgan fingerprint density at radius 1 is 1.16 bits per heavy atom. The fourth-order valence-electron chi connectivity index (χ4n) is 5.88. The van der Waals surface area contributed by atoms with Crippen molar-refractivity contribution in [1.82, 2.24) is 30.6 Å². The zero-order valence-corrected chi connectivity index (χ0v) is 30.8. The van der Waals surface area contributed by atoms with Crippen molar-refractivity contribution in [3.8, 4) is 5.88 Å². The number of amides is 5. The van der Waals surface area contributed by atoms with Crippen LogP contribution in [0.2, 0.25) is 0 Å². The first-order valence-corrected chi connectivity index (χ1v) is 18.7. The van der Waals surface area contributed by atoms with Gasteiger partial charge in [-0.25, -0.2) is 18.2 Å². The van der Waals surface area contributed by atoms with Crippen LogP contribution in [0.4, 0.5) is 4.79 Å². The SMILES string of the molecule is C=CC(=O)NC[C@H](NC(=O)OC(C)(C)C)C(=O)N1C[C@H](Oc2nccc3ccc(Br)cc23)C[C@H]1C(=O)N[C@]1(C(=O)NS(=O)(=O)C2CC2)C[C@H]1C=C. The molecule has 5 rings (SSSR count). The first-order valence-electron chi connectivity index (χ1n) is 16.4. The lowest BCUT2D eigenvalue weighted by molar-refractivity contribution is -0.141. The van der Waals surface area contributed by atoms with Gasteiger partial charge in [-0.1, -0.05) is 34.7 Å². The van der Waals surface area contributed by atoms with Gasteiger partial charge >= 0.3 is 6.09 Å². The predicted molar refractivity (Wildman–Crippen MR) is 190 cm³/mol. The highest BCUT2D eigenvalue weighted by Gasteiger charge is 2.62. The molecule has 1 aliphatic heterocycles. The number of halogens is 1. The van der Waals surface area contributed by atoms with Crippen molar-refractivity contribution in [2.45, 2.75) is 81.0 Å². The predicted octanol–water partition coefficient (Wildman–Crippen LogP) is 2.21. The number of pyridine rings is 1. The largest absolute Gasteiger partial charge is 0.472 e. The molecule has 5 atom stereocenters. The van der Waals surface area contributed by atoms with Gasteiger partial charge in [0.25, 0.3) is 5.91 Å². The molecule has 2 aliphatic carbocycles. The molecule has 51 heavy (non-hydrogen) atoms. The second-order valence-corrected chi connectivity index (χ2v) is 16.7. The highest BCUT2D eigenvalue weighted by Crippen LogP contribution is 2.45. The number of sulfonamides is 1. The standard InChI is InChI=1S/C34H41BrN6O9S/c1-6-20-16-34(20,31(45)40-51(47,48)23-10-11-23)39-28(43)26-15-22(49-29-24-14-21(35)9-8-19(24)12-13-36-29)18-41(26)30(44)25(17-37-27(42)7-2)38-32(46)50-33(3,4)5/h6-9,12-14,20,22-23,25-26H,1-2,10-11,15-18H2,3-5H3,(H,37,42)(H,38,46)(H,39,43)(H,40,45)/t20-,22-,25+,26+,34-/m1/s1. The molecule has 5 amide bonds. The van der Waals surface area contributed by atoms with Gasteiger partial charge in [0.1, 0.15) is 29.3 Å². The summed E-state index contributed by atoms with van der Waals surface area (Å²) in [5.74, 6) is -3.32. The van der Waals surface area contributed by atoms with E-state index in [0.29, 0.717) is 18.2 Å². The van der Waals surface area contributed by atoms with E-state index in [2.05, 4.69) is 54.7 Å². The molecule has 2 saturated carbocycles. The maximum atomic E-state index is 14.3. The van der Waals surface area contributed by atoms with Crippen LogP contribution in [0.3, 0.4) is 0 Å². The van der Waals surface area contributed by atoms with E-state index in [-0.39, 0.29) is 31.8 Å². The Labute approximate surface area is 304 Å². The van der Waals surface area contributed by atoms with Crippen LogP contribution in [0.15, 0.2) is 60.2 Å². The van der Waals surface area contributed by atoms with Crippen LogP contribution in [-0.4, -0.2) is 95.7 Å². The topological polar surface area (TPSA) is 202 Å². The number of alkyl carbamates (subject to hydrolysis) is 1. The maximum Gasteiger partial charge on any atom is 0.408 e. The molecule has 2 heterocycles. The molecule has 17 heteroatoms. The van der Waals surface area contributed by atoms with E-state index in [4.69, 9.17) is 9.47 Å². The lowest BCUT2D eigenvalue weighted by atomic mass is 10.1. The molecule has 1 aromatic heterocycles. The highest BCUT2D eigenvalue weighted by atomic mass is 79.9. The van der Waals surface area contributed by atoms with Crippen molar-refractivity contribution in [2.24, 2.45) is 5.92 Å². The van der Waals surface area contributed by atoms with E-state index in [1.807, 2.05) is 18.2 Å². The average Bonchev–Trinajstić information content (AvgIpc) is 3.98. The van der Waals surface area contributed by atoms with Crippen molar-refractivity contribution in [1.29, 1.82) is 0 Å². The number of carbonyl (C=O) groups is 5. The van der Waals surface area contributed by atoms with Gasteiger partial charge in [0.15, 0.2) is 0 Å². The number of nitrogens with one attached hydrogen (secondary N) is 4. The minimum atomic E-state index is -3.93. The number of fused-ring (bicyclic) bond motifs is 1. The third kappa shape index (κ3) is 8.87. The van der Waals surface area contributed by atoms with E-state index in [9.17, 15) is 32.4 Å². The quantitative estimate of drug-likeness (QED) is 0.172. The third-order valence-electron chi connectivity index (χ3n) is 8.72. The smallest absolute Gasteiger partial charge is 0.408 e. The Balaban J connectivity index is 1.44. The monoisotopic (exact) mass is 788 g/mol. The number of hydrogen-bond donors (Lipinski definition) is 4. The fourth-order valence-corrected chi connectivity index (χ4v) is 7.61. The molecule has 0 radical (unpaired) electrons. The van der Waals surface area contributed by atoms with Crippen LogP contribution in [0.5, 0.6) is 5.88 Å². The van der Waals surface area contributed by atoms with Crippen molar-refractivity contribution in [2.75, 3.05) is 13.1 Å². The summed E-state index contributed by atoms with van der Waals surface area (Å²) in [5, 5.41) is 8.54. The molecule has 4 N–H and O–H groups in total. The van der Waals surface area contributed by atoms with Gasteiger partial charge in [-0.3, -0.25) is 23.9 Å². The summed E-state index contributed by atoms with van der Waals surface area (Å²) in [5.41, 5.74) is -2.52. The highest BCUT2D eigenvalue weighted by molar-refractivity contribution is 9.10. The van der Waals surface area contributed by atoms with Gasteiger partial charge in [-0.2, -0.15) is 0 Å². The number of hydrogen-bond acceptors (Lipinski definition) is 10. The average molecular weight is 790 g/mol. The molecule has 274 valence electrons. The molecule has 3 aliphatic rings. The molecule has 1 aromatic carbocycles. The molecule has 0 spiro atoms. The third-order valence-corrected chi connectivity index (χ3v) is 11.0. The summed E-state index contributed by atoms with van der Waals surface area (Å²) >= 11 is 3.46. The summed E-state index contributed by atoms with van der Waals surface area (Å²) in [6.07, 6.45) is 3.20. The van der Waals surface area contributed by atoms with Crippen LogP contribution in [0, 0.1) is 5.92 Å². The second kappa shape index (κ2) is 14.6. The van der Waals surface area contributed by atoms with Crippen molar-refractivity contribution in [3.63, 3.8) is 0 Å². The van der Waals surface area contributed by atoms with Gasteiger partial charge in [-0.15, -0.1) is 6.58 Å². The van der Waals surface area contributed by atoms with E-state index >= 15 is 0 Å². The number of nitrogens with zero attached hydrogens (tertiary/aromatic N) is 2. The lowest BCUT2D eigenvalue weighted by Gasteiger charge is -2.30. The van der Waals surface area contributed by atoms with Gasteiger partial charge in [0, 0.05) is 34.9 Å². The zero-order valence-electron chi connectivity index (χ0n) is 28.4. The van der Waals surface area contributed by atoms with E-state index < -0.39 is 80.2 Å². The Bertz CT molecular complexity index is 1880. The lowest BCUT2D eigenvalue weighted by Crippen LogP contribution is -2.59. The van der Waals surface area contributed by atoms with Gasteiger partial charge in [-0.05, 0) is 69.7 Å². The minimum Gasteiger partial charge on any atom is -0.472 e. The Kier molecular flexibility index (Phi) is 10.8. The summed E-state index contributed by atoms with van der Waals surface area (Å²) in [6, 6.07) is 4.72. The first-order chi connectivity index (χ1) is 24.0. The van der Waals surface area contributed by atoms with Crippen LogP contribution in [-0.2, 0) is 33.9 Å². The minimum absolute atomic E-state index is 0.0569. The number of carbonyl (C=O) groups excluding carboxylic acids is 5. The zero-order chi connectivity index (χ0) is 37.3. The van der Waals surface area contributed by atoms with E-state index in [1.54, 1.807) is 33.0 Å². The first kappa shape index (κ1) is 37.7. The number of likely N-dealkylation sites (tertiary alicyclic amines) is 1. The van der Waals surface area contributed by atoms with Gasteiger partial charge in [0.2, 0.25) is 33.6 Å². The maximum absolute atomic E-state index is 14.3. The van der Waals surface area contributed by atoms with E-state index in [0.717, 1.165) is 15.9 Å². The number of benzene rings is 1. The Morgan fingerprint density at radius 2 is 1.88 bits per heavy atom. The van der Waals surface area contributed by atoms with Gasteiger partial charge in [0.05, 0.1) is 11.8 Å². The molecule has 0 bridgehead atoms. The van der Waals surface area contributed by atoms with Crippen LogP contribution in [0.25, 0.3) is 10.8 Å². The molecule has 2 aromatic rings. The summed E-state index contributed by atoms with van der Waals surface area (Å²) in [4.78, 5) is 72.3. The van der Waals surface area contributed by atoms with Crippen molar-refractivity contribution < 1.29 is 41.9 Å². The molecule has 0 unspecified atom stereocenters. The number of ether oxygens (including phenoxy) is 2. The normalized spacial score (nSPS) is 23.4. The molecular weight excluding hydrogens is 748 g/mol. The fraction of sp³-hybridized carbons (Fsp3) is 0.471. The molecule has 15 nitrogen and oxygen atoms in total. The van der Waals surface area contributed by atoms with Crippen LogP contribution >= 0.6 is 15.9 Å². The molecular formula is C34H41BrN6O9S. The van der Waals surface area contributed by atoms with Gasteiger partial charge < -0.3 is 30.3 Å². The van der Waals surface area contributed by atoms with E-state index in [1.165, 1.54) is 11.0 Å². The Hall–Kier alpha value is -4.51. The van der Waals surface area contributed by atoms with Crippen LogP contribution < -0.4 is 25.4 Å². The molecule has 3 fully saturated rings. The van der Waals surface area contributed by atoms with Crippen LogP contribution in [0.1, 0.15) is 46.5 Å². The molecule has 1 saturated heterocycles. The van der Waals surface area contributed by atoms with Crippen molar-refractivity contribution >= 4 is 66.4 Å².